The van der Waals surface area contributed by atoms with E-state index in [1.54, 1.807) is 6.20 Å². The Labute approximate surface area is 131 Å². The first-order chi connectivity index (χ1) is 9.82. The minimum absolute atomic E-state index is 0.262. The van der Waals surface area contributed by atoms with Crippen LogP contribution in [0.4, 0.5) is 5.82 Å². The summed E-state index contributed by atoms with van der Waals surface area (Å²) >= 11 is 3.31. The van der Waals surface area contributed by atoms with E-state index in [0.717, 1.165) is 10.3 Å². The van der Waals surface area contributed by atoms with Gasteiger partial charge in [0.25, 0.3) is 0 Å². The number of hydrogen-bond acceptors (Lipinski definition) is 5. The highest BCUT2D eigenvalue weighted by atomic mass is 79.9. The third-order valence-corrected chi connectivity index (χ3v) is 6.08. The Balaban J connectivity index is 2.03. The predicted molar refractivity (Wildman–Crippen MR) is 81.7 cm³/mol. The molecule has 1 fully saturated rings. The molecule has 1 saturated heterocycles. The maximum atomic E-state index is 12.1. The average molecular weight is 378 g/mol. The zero-order chi connectivity index (χ0) is 15.6. The van der Waals surface area contributed by atoms with Crippen molar-refractivity contribution in [3.05, 3.63) is 22.8 Å². The summed E-state index contributed by atoms with van der Waals surface area (Å²) in [7, 11) is -3.79. The van der Waals surface area contributed by atoms with Crippen molar-refractivity contribution in [2.75, 3.05) is 31.1 Å². The van der Waals surface area contributed by atoms with Gasteiger partial charge in [0.1, 0.15) is 5.82 Å². The molecule has 0 radical (unpaired) electrons. The molecule has 0 bridgehead atoms. The van der Waals surface area contributed by atoms with Gasteiger partial charge in [0.15, 0.2) is 5.25 Å². The third kappa shape index (κ3) is 3.53. The summed E-state index contributed by atoms with van der Waals surface area (Å²) in [5.41, 5.74) is 0. The number of hydrogen-bond donors (Lipinski definition) is 1. The Kier molecular flexibility index (Phi) is 4.84. The van der Waals surface area contributed by atoms with E-state index in [1.807, 2.05) is 17.0 Å². The topological polar surface area (TPSA) is 90.8 Å². The van der Waals surface area contributed by atoms with Crippen molar-refractivity contribution >= 4 is 37.7 Å². The number of sulfonamides is 1. The van der Waals surface area contributed by atoms with Gasteiger partial charge in [-0.25, -0.2) is 13.4 Å². The van der Waals surface area contributed by atoms with E-state index in [9.17, 15) is 13.2 Å². The summed E-state index contributed by atoms with van der Waals surface area (Å²) in [6, 6.07) is 3.73. The number of nitrogens with zero attached hydrogens (tertiary/aromatic N) is 3. The van der Waals surface area contributed by atoms with Crippen LogP contribution < -0.4 is 4.90 Å². The van der Waals surface area contributed by atoms with Crippen LogP contribution in [0, 0.1) is 0 Å². The van der Waals surface area contributed by atoms with Crippen LogP contribution in [0.3, 0.4) is 0 Å². The fraction of sp³-hybridized carbons (Fsp3) is 0.500. The van der Waals surface area contributed by atoms with Gasteiger partial charge in [0.05, 0.1) is 0 Å². The quantitative estimate of drug-likeness (QED) is 0.832. The lowest BCUT2D eigenvalue weighted by Gasteiger charge is -2.35. The second-order valence-electron chi connectivity index (χ2n) is 4.75. The molecule has 0 aromatic carbocycles. The number of halogens is 1. The summed E-state index contributed by atoms with van der Waals surface area (Å²) < 4.78 is 26.4. The summed E-state index contributed by atoms with van der Waals surface area (Å²) in [6.45, 7) is 2.69. The van der Waals surface area contributed by atoms with E-state index in [2.05, 4.69) is 20.9 Å². The van der Waals surface area contributed by atoms with Crippen LogP contribution in [0.25, 0.3) is 0 Å². The highest BCUT2D eigenvalue weighted by Crippen LogP contribution is 2.19. The molecule has 116 valence electrons. The fourth-order valence-electron chi connectivity index (χ4n) is 2.08. The monoisotopic (exact) mass is 377 g/mol. The molecule has 1 aliphatic rings. The van der Waals surface area contributed by atoms with Gasteiger partial charge in [-0.3, -0.25) is 4.79 Å². The molecular formula is C12H16BrN3O4S. The molecule has 7 nitrogen and oxygen atoms in total. The van der Waals surface area contributed by atoms with E-state index in [-0.39, 0.29) is 13.1 Å². The summed E-state index contributed by atoms with van der Waals surface area (Å²) in [5, 5.41) is 7.45. The Morgan fingerprint density at radius 3 is 2.43 bits per heavy atom. The number of pyridine rings is 1. The molecule has 1 aromatic rings. The molecule has 0 saturated carbocycles. The van der Waals surface area contributed by atoms with E-state index >= 15 is 0 Å². The fourth-order valence-corrected chi connectivity index (χ4v) is 3.69. The highest BCUT2D eigenvalue weighted by molar-refractivity contribution is 9.10. The van der Waals surface area contributed by atoms with Crippen LogP contribution in [0.2, 0.25) is 0 Å². The average Bonchev–Trinajstić information content (AvgIpc) is 2.47. The number of carboxylic acids is 1. The molecule has 1 aliphatic heterocycles. The normalized spacial score (nSPS) is 18.5. The second kappa shape index (κ2) is 6.29. The van der Waals surface area contributed by atoms with Gasteiger partial charge < -0.3 is 10.0 Å². The van der Waals surface area contributed by atoms with Crippen LogP contribution in [0.1, 0.15) is 6.92 Å². The number of piperazine rings is 1. The Hall–Kier alpha value is -1.19. The first-order valence-electron chi connectivity index (χ1n) is 6.40. The first kappa shape index (κ1) is 16.2. The van der Waals surface area contributed by atoms with Crippen molar-refractivity contribution in [3.63, 3.8) is 0 Å². The SMILES string of the molecule is CC(C(=O)O)S(=O)(=O)N1CCN(c2ccc(Br)cn2)CC1. The van der Waals surface area contributed by atoms with Crippen molar-refractivity contribution in [3.8, 4) is 0 Å². The number of aromatic nitrogens is 1. The second-order valence-corrected chi connectivity index (χ2v) is 7.92. The van der Waals surface area contributed by atoms with E-state index < -0.39 is 21.2 Å². The van der Waals surface area contributed by atoms with Gasteiger partial charge >= 0.3 is 5.97 Å². The van der Waals surface area contributed by atoms with Gasteiger partial charge in [-0.15, -0.1) is 0 Å². The van der Waals surface area contributed by atoms with Gasteiger partial charge in [0, 0.05) is 36.8 Å². The molecular weight excluding hydrogens is 362 g/mol. The van der Waals surface area contributed by atoms with E-state index in [0.29, 0.717) is 13.1 Å². The standard InChI is InChI=1S/C12H16BrN3O4S/c1-9(12(17)18)21(19,20)16-6-4-15(5-7-16)11-3-2-10(13)8-14-11/h2-3,8-9H,4-7H2,1H3,(H,17,18). The zero-order valence-electron chi connectivity index (χ0n) is 11.4. The van der Waals surface area contributed by atoms with Crippen molar-refractivity contribution in [2.45, 2.75) is 12.2 Å². The number of anilines is 1. The highest BCUT2D eigenvalue weighted by Gasteiger charge is 2.35. The Morgan fingerprint density at radius 2 is 1.95 bits per heavy atom. The maximum absolute atomic E-state index is 12.1. The van der Waals surface area contributed by atoms with Gasteiger partial charge in [-0.1, -0.05) is 0 Å². The number of carbonyl (C=O) groups is 1. The molecule has 1 aromatic heterocycles. The molecule has 2 heterocycles. The maximum Gasteiger partial charge on any atom is 0.323 e. The minimum Gasteiger partial charge on any atom is -0.480 e. The van der Waals surface area contributed by atoms with Crippen LogP contribution in [-0.4, -0.2) is 60.2 Å². The smallest absolute Gasteiger partial charge is 0.323 e. The van der Waals surface area contributed by atoms with Crippen molar-refractivity contribution in [1.82, 2.24) is 9.29 Å². The van der Waals surface area contributed by atoms with Gasteiger partial charge in [-0.05, 0) is 35.0 Å². The van der Waals surface area contributed by atoms with Crippen molar-refractivity contribution in [2.24, 2.45) is 0 Å². The summed E-state index contributed by atoms with van der Waals surface area (Å²) in [5.74, 6) is -0.548. The Morgan fingerprint density at radius 1 is 1.33 bits per heavy atom. The molecule has 2 rings (SSSR count). The van der Waals surface area contributed by atoms with Crippen LogP contribution in [0.5, 0.6) is 0 Å². The molecule has 0 aliphatic carbocycles. The number of rotatable bonds is 4. The van der Waals surface area contributed by atoms with E-state index in [4.69, 9.17) is 5.11 Å². The van der Waals surface area contributed by atoms with Crippen LogP contribution >= 0.6 is 15.9 Å². The number of carboxylic acid groups (broad SMARTS) is 1. The third-order valence-electron chi connectivity index (χ3n) is 3.43. The lowest BCUT2D eigenvalue weighted by molar-refractivity contribution is -0.136. The first-order valence-corrected chi connectivity index (χ1v) is 8.70. The van der Waals surface area contributed by atoms with Crippen LogP contribution in [-0.2, 0) is 14.8 Å². The summed E-state index contributed by atoms with van der Waals surface area (Å²) in [4.78, 5) is 17.1. The largest absolute Gasteiger partial charge is 0.480 e. The Bertz CT molecular complexity index is 612. The van der Waals surface area contributed by atoms with Gasteiger partial charge in [0.2, 0.25) is 10.0 Å². The van der Waals surface area contributed by atoms with E-state index in [1.165, 1.54) is 11.2 Å². The zero-order valence-corrected chi connectivity index (χ0v) is 13.8. The van der Waals surface area contributed by atoms with Crippen molar-refractivity contribution in [1.29, 1.82) is 0 Å². The molecule has 9 heteroatoms. The van der Waals surface area contributed by atoms with Crippen molar-refractivity contribution < 1.29 is 18.3 Å². The molecule has 0 amide bonds. The van der Waals surface area contributed by atoms with Gasteiger partial charge in [-0.2, -0.15) is 4.31 Å². The lowest BCUT2D eigenvalue weighted by atomic mass is 10.3. The van der Waals surface area contributed by atoms with Crippen LogP contribution in [0.15, 0.2) is 22.8 Å². The lowest BCUT2D eigenvalue weighted by Crippen LogP contribution is -2.52. The molecule has 1 N–H and O–H groups in total. The molecule has 21 heavy (non-hydrogen) atoms. The summed E-state index contributed by atoms with van der Waals surface area (Å²) in [6.07, 6.45) is 1.69. The molecule has 1 unspecified atom stereocenters. The molecule has 0 spiro atoms. The number of aliphatic carboxylic acids is 1. The minimum atomic E-state index is -3.79. The predicted octanol–water partition coefficient (Wildman–Crippen LogP) is 0.769. The molecule has 1 atom stereocenters.